The smallest absolute Gasteiger partial charge is 0.280 e. The summed E-state index contributed by atoms with van der Waals surface area (Å²) >= 11 is 1.46. The van der Waals surface area contributed by atoms with E-state index in [1.807, 2.05) is 41.8 Å². The van der Waals surface area contributed by atoms with Gasteiger partial charge in [-0.3, -0.25) is 9.78 Å². The maximum absolute atomic E-state index is 12.2. The molecule has 4 rings (SSSR count). The second-order valence-corrected chi connectivity index (χ2v) is 6.55. The van der Waals surface area contributed by atoms with Crippen LogP contribution in [-0.4, -0.2) is 41.5 Å². The predicted octanol–water partition coefficient (Wildman–Crippen LogP) is 2.47. The van der Waals surface area contributed by atoms with Crippen LogP contribution in [0.25, 0.3) is 10.6 Å². The molecule has 0 atom stereocenters. The summed E-state index contributed by atoms with van der Waals surface area (Å²) in [6.07, 6.45) is 0. The summed E-state index contributed by atoms with van der Waals surface area (Å²) in [5, 5.41) is 13.1. The Kier molecular flexibility index (Phi) is 4.45. The Morgan fingerprint density at radius 1 is 1.12 bits per heavy atom. The third-order valence-electron chi connectivity index (χ3n) is 3.96. The summed E-state index contributed by atoms with van der Waals surface area (Å²) in [6, 6.07) is 11.7. The number of aromatic nitrogens is 3. The second kappa shape index (κ2) is 7.04. The molecule has 2 N–H and O–H groups in total. The van der Waals surface area contributed by atoms with E-state index >= 15 is 0 Å². The number of hydrogen-bond donors (Lipinski definition) is 2. The summed E-state index contributed by atoms with van der Waals surface area (Å²) in [6.45, 7) is 3.31. The van der Waals surface area contributed by atoms with E-state index in [9.17, 15) is 4.79 Å². The first-order valence-electron chi connectivity index (χ1n) is 8.00. The number of ether oxygens (including phenoxy) is 1. The number of morpholine rings is 1. The minimum Gasteiger partial charge on any atom is -0.378 e. The minimum atomic E-state index is -0.259. The number of benzene rings is 1. The van der Waals surface area contributed by atoms with Crippen molar-refractivity contribution in [3.05, 3.63) is 52.1 Å². The molecule has 7 nitrogen and oxygen atoms in total. The van der Waals surface area contributed by atoms with E-state index in [1.165, 1.54) is 11.3 Å². The van der Waals surface area contributed by atoms with E-state index in [0.29, 0.717) is 11.6 Å². The Balaban J connectivity index is 1.48. The van der Waals surface area contributed by atoms with Gasteiger partial charge in [0.25, 0.3) is 5.56 Å². The molecule has 1 aromatic carbocycles. The molecule has 0 amide bonds. The van der Waals surface area contributed by atoms with Crippen LogP contribution >= 0.6 is 11.3 Å². The number of thiophene rings is 1. The Morgan fingerprint density at radius 3 is 2.60 bits per heavy atom. The van der Waals surface area contributed by atoms with Crippen molar-refractivity contribution in [3.63, 3.8) is 0 Å². The van der Waals surface area contributed by atoms with E-state index in [4.69, 9.17) is 4.74 Å². The standard InChI is InChI=1S/C17H17N5O2S/c23-16-15(14-2-1-11-25-14)20-21-17(19-16)18-12-3-5-13(6-4-12)22-7-9-24-10-8-22/h1-6,11H,7-10H2,(H2,18,19,21,23). The van der Waals surface area contributed by atoms with Crippen LogP contribution in [-0.2, 0) is 4.74 Å². The fourth-order valence-electron chi connectivity index (χ4n) is 2.68. The van der Waals surface area contributed by atoms with Crippen LogP contribution in [0, 0.1) is 0 Å². The number of anilines is 3. The van der Waals surface area contributed by atoms with E-state index in [-0.39, 0.29) is 5.56 Å². The van der Waals surface area contributed by atoms with Gasteiger partial charge in [0.05, 0.1) is 18.1 Å². The van der Waals surface area contributed by atoms with Gasteiger partial charge in [-0.25, -0.2) is 0 Å². The highest BCUT2D eigenvalue weighted by molar-refractivity contribution is 7.13. The van der Waals surface area contributed by atoms with Gasteiger partial charge in [0.2, 0.25) is 5.95 Å². The van der Waals surface area contributed by atoms with Gasteiger partial charge in [0.15, 0.2) is 5.69 Å². The average Bonchev–Trinajstić information content (AvgIpc) is 3.18. The van der Waals surface area contributed by atoms with E-state index < -0.39 is 0 Å². The normalized spacial score (nSPS) is 14.5. The number of aromatic amines is 1. The van der Waals surface area contributed by atoms with Crippen LogP contribution in [0.3, 0.4) is 0 Å². The monoisotopic (exact) mass is 355 g/mol. The Morgan fingerprint density at radius 2 is 1.92 bits per heavy atom. The first kappa shape index (κ1) is 15.8. The topological polar surface area (TPSA) is 83.1 Å². The lowest BCUT2D eigenvalue weighted by Gasteiger charge is -2.28. The first-order valence-corrected chi connectivity index (χ1v) is 8.88. The molecule has 2 aromatic heterocycles. The molecule has 8 heteroatoms. The van der Waals surface area contributed by atoms with Gasteiger partial charge in [0, 0.05) is 24.5 Å². The van der Waals surface area contributed by atoms with Crippen LogP contribution in [0.5, 0.6) is 0 Å². The maximum Gasteiger partial charge on any atom is 0.280 e. The molecule has 1 saturated heterocycles. The van der Waals surface area contributed by atoms with Crippen LogP contribution < -0.4 is 15.8 Å². The number of nitrogens with one attached hydrogen (secondary N) is 2. The summed E-state index contributed by atoms with van der Waals surface area (Å²) in [4.78, 5) is 18.0. The first-order chi connectivity index (χ1) is 12.3. The van der Waals surface area contributed by atoms with Gasteiger partial charge in [0.1, 0.15) is 0 Å². The third kappa shape index (κ3) is 3.54. The zero-order valence-electron chi connectivity index (χ0n) is 13.4. The summed E-state index contributed by atoms with van der Waals surface area (Å²) in [5.41, 5.74) is 2.07. The molecule has 1 aliphatic rings. The van der Waals surface area contributed by atoms with Gasteiger partial charge in [-0.05, 0) is 35.7 Å². The molecular formula is C17H17N5O2S. The third-order valence-corrected chi connectivity index (χ3v) is 4.83. The summed E-state index contributed by atoms with van der Waals surface area (Å²) < 4.78 is 5.37. The lowest BCUT2D eigenvalue weighted by molar-refractivity contribution is 0.122. The Hall–Kier alpha value is -2.71. The van der Waals surface area contributed by atoms with E-state index in [2.05, 4.69) is 25.4 Å². The molecule has 0 spiro atoms. The maximum atomic E-state index is 12.2. The van der Waals surface area contributed by atoms with Crippen molar-refractivity contribution < 1.29 is 4.74 Å². The summed E-state index contributed by atoms with van der Waals surface area (Å²) in [5.74, 6) is 0.324. The van der Waals surface area contributed by atoms with Crippen molar-refractivity contribution in [2.75, 3.05) is 36.5 Å². The van der Waals surface area contributed by atoms with Gasteiger partial charge in [-0.15, -0.1) is 21.5 Å². The number of hydrogen-bond acceptors (Lipinski definition) is 7. The lowest BCUT2D eigenvalue weighted by atomic mass is 10.2. The van der Waals surface area contributed by atoms with Crippen LogP contribution in [0.4, 0.5) is 17.3 Å². The van der Waals surface area contributed by atoms with E-state index in [0.717, 1.165) is 42.6 Å². The zero-order chi connectivity index (χ0) is 17.1. The van der Waals surface area contributed by atoms with Gasteiger partial charge in [-0.1, -0.05) is 6.07 Å². The Bertz CT molecular complexity index is 886. The largest absolute Gasteiger partial charge is 0.378 e. The van der Waals surface area contributed by atoms with Crippen molar-refractivity contribution in [1.82, 2.24) is 15.2 Å². The highest BCUT2D eigenvalue weighted by atomic mass is 32.1. The van der Waals surface area contributed by atoms with Gasteiger partial charge < -0.3 is 15.0 Å². The Labute approximate surface area is 148 Å². The molecule has 0 unspecified atom stereocenters. The fraction of sp³-hybridized carbons (Fsp3) is 0.235. The van der Waals surface area contributed by atoms with Gasteiger partial charge >= 0.3 is 0 Å². The molecule has 0 aliphatic carbocycles. The molecule has 0 bridgehead atoms. The molecule has 25 heavy (non-hydrogen) atoms. The average molecular weight is 355 g/mol. The fourth-order valence-corrected chi connectivity index (χ4v) is 3.39. The SMILES string of the molecule is O=c1[nH]c(Nc2ccc(N3CCOCC3)cc2)nnc1-c1cccs1. The number of nitrogens with zero attached hydrogens (tertiary/aromatic N) is 3. The number of rotatable bonds is 4. The molecule has 128 valence electrons. The zero-order valence-corrected chi connectivity index (χ0v) is 14.3. The highest BCUT2D eigenvalue weighted by Gasteiger charge is 2.11. The van der Waals surface area contributed by atoms with Crippen molar-refractivity contribution in [2.24, 2.45) is 0 Å². The minimum absolute atomic E-state index is 0.259. The number of H-pyrrole nitrogens is 1. The van der Waals surface area contributed by atoms with Crippen molar-refractivity contribution in [1.29, 1.82) is 0 Å². The molecule has 0 radical (unpaired) electrons. The molecule has 3 aromatic rings. The van der Waals surface area contributed by atoms with E-state index in [1.54, 1.807) is 0 Å². The van der Waals surface area contributed by atoms with Crippen LogP contribution in [0.2, 0.25) is 0 Å². The van der Waals surface area contributed by atoms with Crippen LogP contribution in [0.15, 0.2) is 46.6 Å². The van der Waals surface area contributed by atoms with Gasteiger partial charge in [-0.2, -0.15) is 0 Å². The lowest BCUT2D eigenvalue weighted by Crippen LogP contribution is -2.36. The molecular weight excluding hydrogens is 338 g/mol. The molecule has 3 heterocycles. The second-order valence-electron chi connectivity index (χ2n) is 5.60. The predicted molar refractivity (Wildman–Crippen MR) is 98.7 cm³/mol. The van der Waals surface area contributed by atoms with Crippen molar-refractivity contribution >= 4 is 28.7 Å². The highest BCUT2D eigenvalue weighted by Crippen LogP contribution is 2.21. The van der Waals surface area contributed by atoms with Crippen molar-refractivity contribution in [3.8, 4) is 10.6 Å². The van der Waals surface area contributed by atoms with Crippen molar-refractivity contribution in [2.45, 2.75) is 0 Å². The van der Waals surface area contributed by atoms with Crippen LogP contribution in [0.1, 0.15) is 0 Å². The molecule has 1 aliphatic heterocycles. The quantitative estimate of drug-likeness (QED) is 0.748. The molecule has 1 fully saturated rings. The molecule has 0 saturated carbocycles. The summed E-state index contributed by atoms with van der Waals surface area (Å²) in [7, 11) is 0.